The third-order valence-electron chi connectivity index (χ3n) is 4.31. The van der Waals surface area contributed by atoms with Gasteiger partial charge in [0, 0.05) is 12.3 Å². The molecule has 3 nitrogen and oxygen atoms in total. The van der Waals surface area contributed by atoms with E-state index in [1.807, 2.05) is 11.8 Å². The normalized spacial score (nSPS) is 50.1. The van der Waals surface area contributed by atoms with Crippen LogP contribution in [0, 0.1) is 17.8 Å². The molecule has 1 saturated heterocycles. The SMILES string of the molecule is C1CNC(SC[C@H]2C[C@@H]3C[C@@H]2[C@H]2O[C@H]32)=N1. The predicted molar refractivity (Wildman–Crippen MR) is 61.1 cm³/mol. The van der Waals surface area contributed by atoms with Gasteiger partial charge in [-0.15, -0.1) is 0 Å². The minimum atomic E-state index is 0.660. The smallest absolute Gasteiger partial charge is 0.156 e. The molecule has 0 amide bonds. The maximum atomic E-state index is 5.69. The summed E-state index contributed by atoms with van der Waals surface area (Å²) in [6.07, 6.45) is 4.19. The van der Waals surface area contributed by atoms with Crippen LogP contribution in [0.2, 0.25) is 0 Å². The van der Waals surface area contributed by atoms with Crippen LogP contribution >= 0.6 is 11.8 Å². The number of hydrogen-bond donors (Lipinski definition) is 1. The molecule has 0 spiro atoms. The van der Waals surface area contributed by atoms with Crippen molar-refractivity contribution in [3.05, 3.63) is 0 Å². The lowest BCUT2D eigenvalue weighted by Gasteiger charge is -2.18. The number of rotatable bonds is 2. The van der Waals surface area contributed by atoms with Crippen molar-refractivity contribution < 1.29 is 4.74 Å². The van der Waals surface area contributed by atoms with Crippen LogP contribution < -0.4 is 5.32 Å². The molecule has 5 atom stereocenters. The first kappa shape index (κ1) is 8.88. The fraction of sp³-hybridized carbons (Fsp3) is 0.909. The van der Waals surface area contributed by atoms with E-state index in [-0.39, 0.29) is 0 Å². The second-order valence-corrected chi connectivity index (χ2v) is 6.15. The predicted octanol–water partition coefficient (Wildman–Crippen LogP) is 1.10. The fourth-order valence-corrected chi connectivity index (χ4v) is 4.72. The summed E-state index contributed by atoms with van der Waals surface area (Å²) in [4.78, 5) is 4.43. The van der Waals surface area contributed by atoms with E-state index in [0.717, 1.165) is 30.8 Å². The van der Waals surface area contributed by atoms with Crippen molar-refractivity contribution in [1.82, 2.24) is 5.32 Å². The Bertz CT molecular complexity index is 320. The average Bonchev–Trinajstić information content (AvgIpc) is 2.67. The Morgan fingerprint density at radius 2 is 2.40 bits per heavy atom. The first-order chi connectivity index (χ1) is 7.42. The van der Waals surface area contributed by atoms with E-state index in [0.29, 0.717) is 12.2 Å². The average molecular weight is 224 g/mol. The summed E-state index contributed by atoms with van der Waals surface area (Å²) in [6.45, 7) is 2.00. The third-order valence-corrected chi connectivity index (χ3v) is 5.45. The number of epoxide rings is 1. The molecule has 2 heterocycles. The van der Waals surface area contributed by atoms with Crippen molar-refractivity contribution in [2.24, 2.45) is 22.7 Å². The maximum absolute atomic E-state index is 5.69. The number of ether oxygens (including phenoxy) is 1. The quantitative estimate of drug-likeness (QED) is 0.714. The molecule has 3 fully saturated rings. The maximum Gasteiger partial charge on any atom is 0.156 e. The van der Waals surface area contributed by atoms with E-state index in [2.05, 4.69) is 10.3 Å². The molecule has 4 rings (SSSR count). The molecule has 2 bridgehead atoms. The molecular formula is C11H16N2OS. The molecule has 1 N–H and O–H groups in total. The van der Waals surface area contributed by atoms with E-state index < -0.39 is 0 Å². The zero-order valence-electron chi connectivity index (χ0n) is 8.69. The van der Waals surface area contributed by atoms with Gasteiger partial charge in [-0.25, -0.2) is 0 Å². The van der Waals surface area contributed by atoms with Gasteiger partial charge in [0.1, 0.15) is 0 Å². The molecule has 2 saturated carbocycles. The van der Waals surface area contributed by atoms with Crippen LogP contribution in [0.3, 0.4) is 0 Å². The molecular weight excluding hydrogens is 208 g/mol. The summed E-state index contributed by atoms with van der Waals surface area (Å²) in [5.74, 6) is 3.94. The molecule has 4 heteroatoms. The first-order valence-corrected chi connectivity index (χ1v) is 6.97. The number of amidine groups is 1. The lowest BCUT2D eigenvalue weighted by Crippen LogP contribution is -2.22. The van der Waals surface area contributed by atoms with Crippen molar-refractivity contribution in [2.45, 2.75) is 25.0 Å². The molecule has 2 aliphatic carbocycles. The minimum absolute atomic E-state index is 0.660. The Hall–Kier alpha value is -0.220. The lowest BCUT2D eigenvalue weighted by atomic mass is 9.90. The van der Waals surface area contributed by atoms with E-state index in [4.69, 9.17) is 4.74 Å². The molecule has 0 aromatic rings. The number of thioether (sulfide) groups is 1. The van der Waals surface area contributed by atoms with Crippen molar-refractivity contribution in [1.29, 1.82) is 0 Å². The zero-order valence-corrected chi connectivity index (χ0v) is 9.50. The van der Waals surface area contributed by atoms with Crippen LogP contribution in [0.15, 0.2) is 4.99 Å². The number of fused-ring (bicyclic) bond motifs is 5. The van der Waals surface area contributed by atoms with E-state index in [1.54, 1.807) is 0 Å². The van der Waals surface area contributed by atoms with E-state index >= 15 is 0 Å². The van der Waals surface area contributed by atoms with Crippen LogP contribution in [0.4, 0.5) is 0 Å². The van der Waals surface area contributed by atoms with Crippen molar-refractivity contribution in [2.75, 3.05) is 18.8 Å². The van der Waals surface area contributed by atoms with Crippen LogP contribution in [0.1, 0.15) is 12.8 Å². The Morgan fingerprint density at radius 3 is 3.13 bits per heavy atom. The van der Waals surface area contributed by atoms with Gasteiger partial charge in [0.2, 0.25) is 0 Å². The second kappa shape index (κ2) is 3.14. The third kappa shape index (κ3) is 1.34. The minimum Gasteiger partial charge on any atom is -0.369 e. The molecule has 4 aliphatic rings. The van der Waals surface area contributed by atoms with Crippen LogP contribution in [-0.2, 0) is 4.74 Å². The van der Waals surface area contributed by atoms with Gasteiger partial charge < -0.3 is 10.1 Å². The summed E-state index contributed by atoms with van der Waals surface area (Å²) in [6, 6.07) is 0. The summed E-state index contributed by atoms with van der Waals surface area (Å²) in [5, 5.41) is 4.50. The van der Waals surface area contributed by atoms with Gasteiger partial charge in [-0.1, -0.05) is 11.8 Å². The van der Waals surface area contributed by atoms with Crippen LogP contribution in [-0.4, -0.2) is 36.2 Å². The van der Waals surface area contributed by atoms with E-state index in [1.165, 1.54) is 23.8 Å². The van der Waals surface area contributed by atoms with Gasteiger partial charge in [-0.3, -0.25) is 4.99 Å². The highest BCUT2D eigenvalue weighted by atomic mass is 32.2. The molecule has 0 radical (unpaired) electrons. The summed E-state index contributed by atoms with van der Waals surface area (Å²) in [5.41, 5.74) is 0. The molecule has 0 aromatic carbocycles. The molecule has 82 valence electrons. The second-order valence-electron chi connectivity index (χ2n) is 5.15. The topological polar surface area (TPSA) is 36.9 Å². The molecule has 0 unspecified atom stereocenters. The zero-order chi connectivity index (χ0) is 9.83. The van der Waals surface area contributed by atoms with Crippen LogP contribution in [0.5, 0.6) is 0 Å². The Morgan fingerprint density at radius 1 is 1.40 bits per heavy atom. The number of nitrogens with zero attached hydrogens (tertiary/aromatic N) is 1. The Kier molecular flexibility index (Phi) is 1.86. The summed E-state index contributed by atoms with van der Waals surface area (Å²) in [7, 11) is 0. The number of nitrogens with one attached hydrogen (secondary N) is 1. The first-order valence-electron chi connectivity index (χ1n) is 5.98. The van der Waals surface area contributed by atoms with Crippen molar-refractivity contribution in [3.8, 4) is 0 Å². The number of aliphatic imine (C=N–C) groups is 1. The van der Waals surface area contributed by atoms with Gasteiger partial charge in [0.15, 0.2) is 5.17 Å². The molecule has 0 aromatic heterocycles. The van der Waals surface area contributed by atoms with Gasteiger partial charge in [-0.05, 0) is 30.6 Å². The van der Waals surface area contributed by atoms with Crippen molar-refractivity contribution >= 4 is 16.9 Å². The van der Waals surface area contributed by atoms with Gasteiger partial charge in [0.05, 0.1) is 18.8 Å². The summed E-state index contributed by atoms with van der Waals surface area (Å²) >= 11 is 1.92. The van der Waals surface area contributed by atoms with Gasteiger partial charge >= 0.3 is 0 Å². The lowest BCUT2D eigenvalue weighted by molar-refractivity contribution is 0.255. The standard InChI is InChI=1S/C11H16N2OS/c1-2-13-11(12-1)15-5-7-3-6-4-8(7)10-9(6)14-10/h6-10H,1-5H2,(H,12,13)/t6-,7-,8+,9-,10-/m1/s1. The highest BCUT2D eigenvalue weighted by molar-refractivity contribution is 8.13. The Labute approximate surface area is 94.0 Å². The van der Waals surface area contributed by atoms with Gasteiger partial charge in [-0.2, -0.15) is 0 Å². The molecule has 15 heavy (non-hydrogen) atoms. The largest absolute Gasteiger partial charge is 0.369 e. The molecule has 2 aliphatic heterocycles. The number of hydrogen-bond acceptors (Lipinski definition) is 4. The van der Waals surface area contributed by atoms with Gasteiger partial charge in [0.25, 0.3) is 0 Å². The highest BCUT2D eigenvalue weighted by Gasteiger charge is 2.62. The fourth-order valence-electron chi connectivity index (χ4n) is 3.58. The highest BCUT2D eigenvalue weighted by Crippen LogP contribution is 2.59. The van der Waals surface area contributed by atoms with E-state index in [9.17, 15) is 0 Å². The Balaban J connectivity index is 1.35. The van der Waals surface area contributed by atoms with Crippen LogP contribution in [0.25, 0.3) is 0 Å². The van der Waals surface area contributed by atoms with Crippen molar-refractivity contribution in [3.63, 3.8) is 0 Å². The summed E-state index contributed by atoms with van der Waals surface area (Å²) < 4.78 is 5.69. The monoisotopic (exact) mass is 224 g/mol.